The maximum atomic E-state index is 0. The Morgan fingerprint density at radius 2 is 1.00 bits per heavy atom. The molecule has 0 amide bonds. The standard InChI is InChI=1S/Ca.Ga.In.Lu.Zr.8H. The Morgan fingerprint density at radius 3 is 1.00 bits per heavy atom. The minimum absolute atomic E-state index is 0. The van der Waals surface area contributed by atoms with Gasteiger partial charge in [0.15, 0.2) is 0 Å². The van der Waals surface area contributed by atoms with Crippen LogP contribution >= 0.6 is 0 Å². The van der Waals surface area contributed by atoms with Crippen LogP contribution in [0.2, 0.25) is 0 Å². The molecule has 0 bridgehead atoms. The van der Waals surface area contributed by atoms with E-state index in [0.29, 0.717) is 0 Å². The molecule has 1 radical (unpaired) electrons. The van der Waals surface area contributed by atoms with Crippen LogP contribution < -0.4 is 0 Å². The summed E-state index contributed by atoms with van der Waals surface area (Å²) in [5.74, 6) is 0. The van der Waals surface area contributed by atoms with Crippen molar-refractivity contribution >= 4 is 83.4 Å². The van der Waals surface area contributed by atoms with Crippen molar-refractivity contribution in [2.45, 2.75) is 0 Å². The van der Waals surface area contributed by atoms with Gasteiger partial charge in [-0.05, 0) is 0 Å². The first-order valence-electron chi connectivity index (χ1n) is 0. The quantitative estimate of drug-likeness (QED) is 0.307. The summed E-state index contributed by atoms with van der Waals surface area (Å²) in [5, 5.41) is 0. The van der Waals surface area contributed by atoms with Gasteiger partial charge in [-0.2, -0.15) is 0 Å². The second kappa shape index (κ2) is 23.2. The Bertz CT molecular complexity index is 11.6. The molecule has 5 heavy (non-hydrogen) atoms. The van der Waals surface area contributed by atoms with Gasteiger partial charge in [0.1, 0.15) is 0 Å². The van der Waals surface area contributed by atoms with Crippen molar-refractivity contribution in [1.82, 2.24) is 0 Å². The zero-order chi connectivity index (χ0) is 0. The van der Waals surface area contributed by atoms with Gasteiger partial charge < -0.3 is 0 Å². The van der Waals surface area contributed by atoms with Crippen LogP contribution in [0.5, 0.6) is 0 Å². The minimum Gasteiger partial charge on any atom is 0 e. The summed E-state index contributed by atoms with van der Waals surface area (Å²) in [5.41, 5.74) is 0. The van der Waals surface area contributed by atoms with Crippen molar-refractivity contribution in [1.29, 1.82) is 0 Å². The Hall–Kier alpha value is 4.88. The Balaban J connectivity index is 0. The first-order chi connectivity index (χ1) is 0. The minimum atomic E-state index is 0. The van der Waals surface area contributed by atoms with Crippen LogP contribution in [0.1, 0.15) is 0 Å². The summed E-state index contributed by atoms with van der Waals surface area (Å²) in [4.78, 5) is 0. The zero-order valence-electron chi connectivity index (χ0n) is 0.758. The van der Waals surface area contributed by atoms with E-state index in [1.807, 2.05) is 0 Å². The van der Waals surface area contributed by atoms with E-state index in [-0.39, 0.29) is 146 Å². The molecule has 0 aliphatic heterocycles. The monoisotopic (exact) mass is 497 g/mol. The predicted molar refractivity (Wildman–Crippen MR) is 28.4 cm³/mol. The van der Waals surface area contributed by atoms with Crippen molar-refractivity contribution in [3.63, 3.8) is 0 Å². The van der Waals surface area contributed by atoms with Crippen LogP contribution in [0, 0.1) is 36.9 Å². The van der Waals surface area contributed by atoms with Gasteiger partial charge in [-0.3, -0.25) is 0 Å². The molecule has 0 N–H and O–H groups in total. The van der Waals surface area contributed by atoms with Crippen molar-refractivity contribution in [2.24, 2.45) is 0 Å². The predicted octanol–water partition coefficient (Wildman–Crippen LogP) is -3.29. The van der Waals surface area contributed by atoms with Crippen LogP contribution in [0.4, 0.5) is 0 Å². The maximum Gasteiger partial charge on any atom is 0 e. The number of rotatable bonds is 0. The van der Waals surface area contributed by atoms with Gasteiger partial charge >= 0.3 is 83.4 Å². The van der Waals surface area contributed by atoms with E-state index >= 15 is 0 Å². The second-order valence-corrected chi connectivity index (χ2v) is 0. The Kier molecular flexibility index (Phi) is 151. The first kappa shape index (κ1) is 32.7. The third kappa shape index (κ3) is 17.6. The first-order valence-corrected chi connectivity index (χ1v) is 0. The molecule has 0 aliphatic rings. The molecule has 0 unspecified atom stereocenters. The van der Waals surface area contributed by atoms with Crippen LogP contribution in [0.3, 0.4) is 0 Å². The largest absolute Gasteiger partial charge is 0 e. The van der Waals surface area contributed by atoms with Crippen LogP contribution in [0.25, 0.3) is 0 Å². The molecule has 0 spiro atoms. The summed E-state index contributed by atoms with van der Waals surface area (Å²) < 4.78 is 0. The molecule has 0 aromatic heterocycles. The SMILES string of the molecule is [CaH2].[GaH3].[InH3].[Lu].[Zr]. The molecule has 0 saturated heterocycles. The van der Waals surface area contributed by atoms with Gasteiger partial charge in [-0.1, -0.05) is 0 Å². The molecule has 0 nitrogen and oxygen atoms in total. The topological polar surface area (TPSA) is 0 Å². The molecule has 0 aromatic rings. The fourth-order valence-electron chi connectivity index (χ4n) is 0. The van der Waals surface area contributed by atoms with Crippen molar-refractivity contribution in [2.75, 3.05) is 0 Å². The van der Waals surface area contributed by atoms with Crippen molar-refractivity contribution < 1.29 is 63.1 Å². The normalized spacial score (nSPS) is 0. The van der Waals surface area contributed by atoms with Gasteiger partial charge in [-0.15, -0.1) is 0 Å². The third-order valence-corrected chi connectivity index (χ3v) is 0. The molecule has 5 heteroatoms. The molecule has 0 saturated carbocycles. The molecule has 0 aromatic carbocycles. The van der Waals surface area contributed by atoms with Gasteiger partial charge in [-0.25, -0.2) is 0 Å². The Labute approximate surface area is 142 Å². The average Bonchev–Trinajstić information content (AvgIpc) is 0. The fourth-order valence-corrected chi connectivity index (χ4v) is 0. The molecule has 0 fully saturated rings. The summed E-state index contributed by atoms with van der Waals surface area (Å²) in [7, 11) is 0. The molecule has 0 aliphatic carbocycles. The van der Waals surface area contributed by atoms with Crippen LogP contribution in [0.15, 0.2) is 0 Å². The van der Waals surface area contributed by atoms with E-state index in [2.05, 4.69) is 0 Å². The summed E-state index contributed by atoms with van der Waals surface area (Å²) in [6.07, 6.45) is 0. The molecule has 35 valence electrons. The van der Waals surface area contributed by atoms with Gasteiger partial charge in [0, 0.05) is 63.1 Å². The van der Waals surface area contributed by atoms with E-state index in [9.17, 15) is 0 Å². The van der Waals surface area contributed by atoms with E-state index in [1.165, 1.54) is 0 Å². The maximum absolute atomic E-state index is 0. The van der Waals surface area contributed by atoms with Crippen molar-refractivity contribution in [3.8, 4) is 0 Å². The van der Waals surface area contributed by atoms with Gasteiger partial charge in [0.25, 0.3) is 0 Å². The number of hydrogen-bond donors (Lipinski definition) is 0. The summed E-state index contributed by atoms with van der Waals surface area (Å²) in [6.45, 7) is 0. The van der Waals surface area contributed by atoms with E-state index in [1.54, 1.807) is 0 Å². The smallest absolute Gasteiger partial charge is 0 e. The second-order valence-electron chi connectivity index (χ2n) is 0. The van der Waals surface area contributed by atoms with Crippen LogP contribution in [-0.2, 0) is 26.2 Å². The van der Waals surface area contributed by atoms with Gasteiger partial charge in [0.05, 0.1) is 0 Å². The van der Waals surface area contributed by atoms with Crippen LogP contribution in [-0.4, -0.2) is 83.4 Å². The molecular weight excluding hydrogens is 491 g/mol. The average molecular weight is 499 g/mol. The summed E-state index contributed by atoms with van der Waals surface area (Å²) in [6, 6.07) is 0. The fraction of sp³-hybridized carbons (Fsp3) is 0. The van der Waals surface area contributed by atoms with E-state index in [0.717, 1.165) is 0 Å². The van der Waals surface area contributed by atoms with Crippen molar-refractivity contribution in [3.05, 3.63) is 0 Å². The van der Waals surface area contributed by atoms with E-state index in [4.69, 9.17) is 0 Å². The number of hydrogen-bond acceptors (Lipinski definition) is 0. The zero-order valence-corrected chi connectivity index (χ0v) is 4.87. The molecule has 0 rings (SSSR count). The summed E-state index contributed by atoms with van der Waals surface area (Å²) >= 11 is 0. The molecular formula is H8CaGaInLuZr. The van der Waals surface area contributed by atoms with E-state index < -0.39 is 0 Å². The molecule has 0 atom stereocenters. The van der Waals surface area contributed by atoms with Gasteiger partial charge in [0.2, 0.25) is 0 Å². The molecule has 0 heterocycles. The Morgan fingerprint density at radius 1 is 1.00 bits per heavy atom. The third-order valence-electron chi connectivity index (χ3n) is 0.